The van der Waals surface area contributed by atoms with Gasteiger partial charge in [-0.15, -0.1) is 0 Å². The van der Waals surface area contributed by atoms with Crippen molar-refractivity contribution in [1.82, 2.24) is 15.3 Å². The lowest BCUT2D eigenvalue weighted by Gasteiger charge is -2.04. The van der Waals surface area contributed by atoms with Crippen LogP contribution in [0.25, 0.3) is 0 Å². The molecule has 0 saturated heterocycles. The smallest absolute Gasteiger partial charge is 0.271 e. The van der Waals surface area contributed by atoms with Crippen molar-refractivity contribution in [3.8, 4) is 0 Å². The van der Waals surface area contributed by atoms with Gasteiger partial charge in [-0.25, -0.2) is 4.98 Å². The van der Waals surface area contributed by atoms with E-state index in [1.54, 1.807) is 14.1 Å². The van der Waals surface area contributed by atoms with Crippen molar-refractivity contribution in [2.24, 2.45) is 0 Å². The van der Waals surface area contributed by atoms with Gasteiger partial charge in [-0.1, -0.05) is 13.8 Å². The molecule has 0 aliphatic heterocycles. The Labute approximate surface area is 90.3 Å². The van der Waals surface area contributed by atoms with Crippen LogP contribution in [-0.4, -0.2) is 30.0 Å². The highest BCUT2D eigenvalue weighted by Gasteiger charge is 2.07. The van der Waals surface area contributed by atoms with E-state index in [2.05, 4.69) is 20.6 Å². The largest absolute Gasteiger partial charge is 0.372 e. The topological polar surface area (TPSA) is 66.9 Å². The first kappa shape index (κ1) is 13.4. The number of hydrogen-bond donors (Lipinski definition) is 2. The summed E-state index contributed by atoms with van der Waals surface area (Å²) in [6.07, 6.45) is 1.45. The summed E-state index contributed by atoms with van der Waals surface area (Å²) in [5, 5.41) is 5.34. The molecule has 0 aliphatic carbocycles. The van der Waals surface area contributed by atoms with Gasteiger partial charge in [0.25, 0.3) is 5.91 Å². The van der Waals surface area contributed by atoms with E-state index in [0.717, 1.165) is 5.69 Å². The maximum absolute atomic E-state index is 11.2. The van der Waals surface area contributed by atoms with E-state index < -0.39 is 0 Å². The molecule has 1 aromatic rings. The standard InChI is InChI=1S/C8H12N4O.C2H6/c1-5-7(9-2)12-6(4-11-5)8(13)10-3;1-2/h4H,1-3H3,(H,9,12)(H,10,13);1-2H3. The van der Waals surface area contributed by atoms with E-state index in [1.807, 2.05) is 20.8 Å². The number of aryl methyl sites for hydroxylation is 1. The van der Waals surface area contributed by atoms with Crippen LogP contribution < -0.4 is 10.6 Å². The predicted octanol–water partition coefficient (Wildman–Crippen LogP) is 1.21. The van der Waals surface area contributed by atoms with Crippen LogP contribution in [0.15, 0.2) is 6.20 Å². The molecule has 0 bridgehead atoms. The monoisotopic (exact) mass is 210 g/mol. The molecule has 0 fully saturated rings. The van der Waals surface area contributed by atoms with Crippen LogP contribution in [0.2, 0.25) is 0 Å². The zero-order chi connectivity index (χ0) is 11.8. The summed E-state index contributed by atoms with van der Waals surface area (Å²) in [6.45, 7) is 5.83. The Balaban J connectivity index is 0.000000921. The number of amides is 1. The first-order valence-electron chi connectivity index (χ1n) is 4.92. The van der Waals surface area contributed by atoms with Crippen molar-refractivity contribution in [2.45, 2.75) is 20.8 Å². The molecule has 0 radical (unpaired) electrons. The Bertz CT molecular complexity index is 325. The molecule has 1 amide bonds. The minimum Gasteiger partial charge on any atom is -0.372 e. The normalized spacial score (nSPS) is 8.60. The summed E-state index contributed by atoms with van der Waals surface area (Å²) < 4.78 is 0. The van der Waals surface area contributed by atoms with Crippen LogP contribution in [0.1, 0.15) is 30.0 Å². The Hall–Kier alpha value is -1.65. The minimum absolute atomic E-state index is 0.232. The Morgan fingerprint density at radius 2 is 1.93 bits per heavy atom. The average Bonchev–Trinajstić information content (AvgIpc) is 2.31. The molecule has 84 valence electrons. The highest BCUT2D eigenvalue weighted by molar-refractivity contribution is 5.92. The van der Waals surface area contributed by atoms with Gasteiger partial charge in [-0.2, -0.15) is 0 Å². The highest BCUT2D eigenvalue weighted by Crippen LogP contribution is 2.07. The molecule has 5 heteroatoms. The van der Waals surface area contributed by atoms with Gasteiger partial charge in [0.2, 0.25) is 0 Å². The maximum atomic E-state index is 11.2. The molecular weight excluding hydrogens is 192 g/mol. The highest BCUT2D eigenvalue weighted by atomic mass is 16.1. The van der Waals surface area contributed by atoms with Gasteiger partial charge in [0.15, 0.2) is 0 Å². The summed E-state index contributed by atoms with van der Waals surface area (Å²) in [5.74, 6) is 0.394. The second kappa shape index (κ2) is 6.75. The van der Waals surface area contributed by atoms with Crippen molar-refractivity contribution in [3.05, 3.63) is 17.6 Å². The molecule has 0 aromatic carbocycles. The van der Waals surface area contributed by atoms with Crippen molar-refractivity contribution in [1.29, 1.82) is 0 Å². The molecular formula is C10H18N4O. The lowest BCUT2D eigenvalue weighted by Crippen LogP contribution is -2.20. The third-order valence-corrected chi connectivity index (χ3v) is 1.65. The van der Waals surface area contributed by atoms with E-state index in [0.29, 0.717) is 11.5 Å². The Morgan fingerprint density at radius 3 is 2.40 bits per heavy atom. The number of anilines is 1. The van der Waals surface area contributed by atoms with E-state index in [1.165, 1.54) is 6.20 Å². The molecule has 1 heterocycles. The third-order valence-electron chi connectivity index (χ3n) is 1.65. The zero-order valence-electron chi connectivity index (χ0n) is 9.88. The molecule has 0 aliphatic rings. The number of carbonyl (C=O) groups is 1. The van der Waals surface area contributed by atoms with E-state index >= 15 is 0 Å². The van der Waals surface area contributed by atoms with E-state index in [9.17, 15) is 4.79 Å². The van der Waals surface area contributed by atoms with Crippen molar-refractivity contribution in [2.75, 3.05) is 19.4 Å². The van der Waals surface area contributed by atoms with Crippen LogP contribution in [0.4, 0.5) is 5.82 Å². The first-order valence-corrected chi connectivity index (χ1v) is 4.92. The van der Waals surface area contributed by atoms with Crippen LogP contribution in [0, 0.1) is 6.92 Å². The molecule has 2 N–H and O–H groups in total. The van der Waals surface area contributed by atoms with Crippen LogP contribution in [0.5, 0.6) is 0 Å². The van der Waals surface area contributed by atoms with Gasteiger partial charge in [-0.3, -0.25) is 9.78 Å². The van der Waals surface area contributed by atoms with Gasteiger partial charge in [0, 0.05) is 14.1 Å². The van der Waals surface area contributed by atoms with Gasteiger partial charge < -0.3 is 10.6 Å². The SMILES string of the molecule is CC.CNC(=O)c1cnc(C)c(NC)n1. The number of nitrogens with one attached hydrogen (secondary N) is 2. The quantitative estimate of drug-likeness (QED) is 0.770. The van der Waals surface area contributed by atoms with Crippen molar-refractivity contribution >= 4 is 11.7 Å². The predicted molar refractivity (Wildman–Crippen MR) is 61.1 cm³/mol. The molecule has 0 spiro atoms. The molecule has 0 unspecified atom stereocenters. The zero-order valence-corrected chi connectivity index (χ0v) is 9.88. The number of hydrogen-bond acceptors (Lipinski definition) is 4. The number of rotatable bonds is 2. The third kappa shape index (κ3) is 3.53. The number of nitrogens with zero attached hydrogens (tertiary/aromatic N) is 2. The fraction of sp³-hybridized carbons (Fsp3) is 0.500. The fourth-order valence-corrected chi connectivity index (χ4v) is 0.924. The second-order valence-corrected chi connectivity index (χ2v) is 2.52. The van der Waals surface area contributed by atoms with Gasteiger partial charge in [0.05, 0.1) is 11.9 Å². The van der Waals surface area contributed by atoms with Crippen molar-refractivity contribution < 1.29 is 4.79 Å². The summed E-state index contributed by atoms with van der Waals surface area (Å²) in [4.78, 5) is 19.3. The Morgan fingerprint density at radius 1 is 1.33 bits per heavy atom. The number of aromatic nitrogens is 2. The van der Waals surface area contributed by atoms with Gasteiger partial charge in [-0.05, 0) is 6.92 Å². The van der Waals surface area contributed by atoms with Gasteiger partial charge >= 0.3 is 0 Å². The Kier molecular flexibility index (Phi) is 6.01. The van der Waals surface area contributed by atoms with Crippen molar-refractivity contribution in [3.63, 3.8) is 0 Å². The summed E-state index contributed by atoms with van der Waals surface area (Å²) >= 11 is 0. The molecule has 0 saturated carbocycles. The lowest BCUT2D eigenvalue weighted by molar-refractivity contribution is 0.0958. The van der Waals surface area contributed by atoms with Crippen LogP contribution in [0.3, 0.4) is 0 Å². The summed E-state index contributed by atoms with van der Waals surface area (Å²) in [7, 11) is 3.30. The van der Waals surface area contributed by atoms with Gasteiger partial charge in [0.1, 0.15) is 11.5 Å². The molecule has 1 rings (SSSR count). The molecule has 15 heavy (non-hydrogen) atoms. The number of carbonyl (C=O) groups excluding carboxylic acids is 1. The first-order chi connectivity index (χ1) is 7.19. The molecule has 1 aromatic heterocycles. The average molecular weight is 210 g/mol. The molecule has 0 atom stereocenters. The van der Waals surface area contributed by atoms with E-state index in [-0.39, 0.29) is 5.91 Å². The maximum Gasteiger partial charge on any atom is 0.271 e. The second-order valence-electron chi connectivity index (χ2n) is 2.52. The minimum atomic E-state index is -0.232. The van der Waals surface area contributed by atoms with E-state index in [4.69, 9.17) is 0 Å². The summed E-state index contributed by atoms with van der Waals surface area (Å²) in [5.41, 5.74) is 1.09. The summed E-state index contributed by atoms with van der Waals surface area (Å²) in [6, 6.07) is 0. The van der Waals surface area contributed by atoms with Crippen LogP contribution in [-0.2, 0) is 0 Å². The molecule has 5 nitrogen and oxygen atoms in total. The fourth-order valence-electron chi connectivity index (χ4n) is 0.924. The van der Waals surface area contributed by atoms with Crippen LogP contribution >= 0.6 is 0 Å². The lowest BCUT2D eigenvalue weighted by atomic mass is 10.4.